The zero-order valence-electron chi connectivity index (χ0n) is 34.7. The molecule has 0 amide bonds. The van der Waals surface area contributed by atoms with E-state index in [1.54, 1.807) is 11.1 Å². The molecule has 1 nitrogen and oxygen atoms in total. The Morgan fingerprint density at radius 3 is 1.51 bits per heavy atom. The molecule has 7 aromatic carbocycles. The van der Waals surface area contributed by atoms with Gasteiger partial charge < -0.3 is 4.90 Å². The van der Waals surface area contributed by atoms with Gasteiger partial charge in [0.2, 0.25) is 0 Å². The van der Waals surface area contributed by atoms with Gasteiger partial charge in [-0.2, -0.15) is 0 Å². The van der Waals surface area contributed by atoms with E-state index in [9.17, 15) is 0 Å². The van der Waals surface area contributed by atoms with Crippen LogP contribution < -0.4 is 4.90 Å². The normalized spacial score (nSPS) is 24.9. The molecule has 0 atom stereocenters. The first kappa shape index (κ1) is 34.2. The van der Waals surface area contributed by atoms with Crippen molar-refractivity contribution in [2.45, 2.75) is 76.0 Å². The molecule has 0 unspecified atom stereocenters. The van der Waals surface area contributed by atoms with Crippen LogP contribution in [0.15, 0.2) is 152 Å². The molecule has 4 bridgehead atoms. The second-order valence-electron chi connectivity index (χ2n) is 20.1. The molecule has 7 aromatic rings. The summed E-state index contributed by atoms with van der Waals surface area (Å²) in [6.45, 7) is 9.61. The molecule has 59 heavy (non-hydrogen) atoms. The summed E-state index contributed by atoms with van der Waals surface area (Å²) in [5.41, 5.74) is 23.5. The minimum atomic E-state index is -0.104. The lowest BCUT2D eigenvalue weighted by atomic mass is 9.43. The van der Waals surface area contributed by atoms with Gasteiger partial charge in [0.25, 0.3) is 0 Å². The van der Waals surface area contributed by atoms with Crippen molar-refractivity contribution in [3.63, 3.8) is 0 Å². The minimum Gasteiger partial charge on any atom is -0.310 e. The smallest absolute Gasteiger partial charge is 0.0540 e. The number of fused-ring (bicyclic) bond motifs is 9. The Kier molecular flexibility index (Phi) is 6.82. The van der Waals surface area contributed by atoms with Crippen LogP contribution in [0, 0.1) is 23.7 Å². The maximum absolute atomic E-state index is 2.68. The Bertz CT molecular complexity index is 2890. The van der Waals surface area contributed by atoms with Crippen LogP contribution in [-0.4, -0.2) is 0 Å². The van der Waals surface area contributed by atoms with Gasteiger partial charge in [0.15, 0.2) is 0 Å². The second kappa shape index (κ2) is 11.8. The average molecular weight is 762 g/mol. The summed E-state index contributed by atoms with van der Waals surface area (Å²) in [4.78, 5) is 2.63. The van der Waals surface area contributed by atoms with Crippen LogP contribution in [-0.2, 0) is 16.2 Å². The van der Waals surface area contributed by atoms with E-state index in [2.05, 4.69) is 184 Å². The van der Waals surface area contributed by atoms with E-state index < -0.39 is 0 Å². The Balaban J connectivity index is 1.06. The van der Waals surface area contributed by atoms with Crippen LogP contribution >= 0.6 is 0 Å². The fourth-order valence-electron chi connectivity index (χ4n) is 14.4. The molecular formula is C58H51N. The third-order valence-corrected chi connectivity index (χ3v) is 16.7. The predicted octanol–water partition coefficient (Wildman–Crippen LogP) is 15.2. The van der Waals surface area contributed by atoms with Crippen LogP contribution in [0.1, 0.15) is 93.2 Å². The molecule has 0 aliphatic heterocycles. The topological polar surface area (TPSA) is 3.24 Å². The monoisotopic (exact) mass is 761 g/mol. The fraction of sp³-hybridized carbons (Fsp3) is 0.276. The molecule has 4 fully saturated rings. The van der Waals surface area contributed by atoms with Crippen molar-refractivity contribution < 1.29 is 0 Å². The quantitative estimate of drug-likeness (QED) is 0.173. The molecule has 0 N–H and O–H groups in total. The number of rotatable bonds is 4. The van der Waals surface area contributed by atoms with Crippen LogP contribution in [0.3, 0.4) is 0 Å². The van der Waals surface area contributed by atoms with Gasteiger partial charge in [0.1, 0.15) is 0 Å². The lowest BCUT2D eigenvalue weighted by Gasteiger charge is -2.61. The summed E-state index contributed by atoms with van der Waals surface area (Å²) in [5.74, 6) is 3.25. The SMILES string of the molecule is CC1(C)c2ccccc2-c2ccc(N(c3ccc4c(c3)C3(c5ccccc5-4)C4CC5CC(C4)CC3C5)c3ccccc3-c3cccc4c3-c3ccccc3C4(C)C)cc21. The highest BCUT2D eigenvalue weighted by molar-refractivity contribution is 5.99. The van der Waals surface area contributed by atoms with Crippen molar-refractivity contribution in [1.29, 1.82) is 0 Å². The second-order valence-corrected chi connectivity index (χ2v) is 20.1. The number of para-hydroxylation sites is 1. The Hall–Kier alpha value is -5.66. The molecule has 14 rings (SSSR count). The van der Waals surface area contributed by atoms with Crippen molar-refractivity contribution in [2.24, 2.45) is 23.7 Å². The first-order valence-corrected chi connectivity index (χ1v) is 22.4. The molecule has 7 aliphatic carbocycles. The number of anilines is 3. The molecule has 0 heterocycles. The molecular weight excluding hydrogens is 711 g/mol. The van der Waals surface area contributed by atoms with Crippen molar-refractivity contribution >= 4 is 17.1 Å². The van der Waals surface area contributed by atoms with Crippen LogP contribution in [0.25, 0.3) is 44.5 Å². The highest BCUT2D eigenvalue weighted by atomic mass is 15.1. The molecule has 288 valence electrons. The lowest BCUT2D eigenvalue weighted by Crippen LogP contribution is -2.55. The highest BCUT2D eigenvalue weighted by Gasteiger charge is 2.61. The van der Waals surface area contributed by atoms with Crippen LogP contribution in [0.5, 0.6) is 0 Å². The van der Waals surface area contributed by atoms with Gasteiger partial charge in [-0.3, -0.25) is 0 Å². The van der Waals surface area contributed by atoms with Crippen LogP contribution in [0.4, 0.5) is 17.1 Å². The maximum Gasteiger partial charge on any atom is 0.0540 e. The van der Waals surface area contributed by atoms with Gasteiger partial charge in [-0.1, -0.05) is 149 Å². The fourth-order valence-corrected chi connectivity index (χ4v) is 14.4. The lowest BCUT2D eigenvalue weighted by molar-refractivity contribution is -0.0399. The van der Waals surface area contributed by atoms with E-state index in [0.717, 1.165) is 11.8 Å². The summed E-state index contributed by atoms with van der Waals surface area (Å²) in [6, 6.07) is 58.9. The molecule has 0 aromatic heterocycles. The Morgan fingerprint density at radius 1 is 0.373 bits per heavy atom. The first-order valence-electron chi connectivity index (χ1n) is 22.4. The molecule has 4 saturated carbocycles. The summed E-state index contributed by atoms with van der Waals surface area (Å²) in [5, 5.41) is 0. The molecule has 0 radical (unpaired) electrons. The number of hydrogen-bond donors (Lipinski definition) is 0. The number of benzene rings is 7. The van der Waals surface area contributed by atoms with Gasteiger partial charge in [0, 0.05) is 33.2 Å². The summed E-state index contributed by atoms with van der Waals surface area (Å²) < 4.78 is 0. The number of hydrogen-bond acceptors (Lipinski definition) is 1. The van der Waals surface area contributed by atoms with E-state index in [1.807, 2.05) is 0 Å². The highest BCUT2D eigenvalue weighted by Crippen LogP contribution is 2.70. The van der Waals surface area contributed by atoms with Gasteiger partial charge in [-0.05, 0) is 158 Å². The first-order chi connectivity index (χ1) is 28.7. The van der Waals surface area contributed by atoms with E-state index in [4.69, 9.17) is 0 Å². The molecule has 7 aliphatic rings. The van der Waals surface area contributed by atoms with Gasteiger partial charge in [-0.25, -0.2) is 0 Å². The Morgan fingerprint density at radius 2 is 0.831 bits per heavy atom. The summed E-state index contributed by atoms with van der Waals surface area (Å²) in [7, 11) is 0. The summed E-state index contributed by atoms with van der Waals surface area (Å²) >= 11 is 0. The third kappa shape index (κ3) is 4.36. The molecule has 0 saturated heterocycles. The molecule has 1 spiro atoms. The minimum absolute atomic E-state index is 0.0703. The Labute approximate surface area is 349 Å². The third-order valence-electron chi connectivity index (χ3n) is 16.7. The van der Waals surface area contributed by atoms with Crippen LogP contribution in [0.2, 0.25) is 0 Å². The maximum atomic E-state index is 2.68. The van der Waals surface area contributed by atoms with E-state index >= 15 is 0 Å². The van der Waals surface area contributed by atoms with Gasteiger partial charge in [-0.15, -0.1) is 0 Å². The average Bonchev–Trinajstić information content (AvgIpc) is 3.77. The van der Waals surface area contributed by atoms with Gasteiger partial charge in [0.05, 0.1) is 5.69 Å². The zero-order chi connectivity index (χ0) is 39.4. The summed E-state index contributed by atoms with van der Waals surface area (Å²) in [6.07, 6.45) is 7.00. The van der Waals surface area contributed by atoms with E-state index in [-0.39, 0.29) is 16.2 Å². The van der Waals surface area contributed by atoms with Crippen molar-refractivity contribution in [1.82, 2.24) is 0 Å². The predicted molar refractivity (Wildman–Crippen MR) is 245 cm³/mol. The van der Waals surface area contributed by atoms with E-state index in [1.165, 1.54) is 116 Å². The van der Waals surface area contributed by atoms with Crippen molar-refractivity contribution in [2.75, 3.05) is 4.90 Å². The standard InChI is InChI=1S/C58H51N/c1-56(2)49-20-10-7-17-47(49)55-46(18-13-22-51(55)56)45-16-8-12-23-54(45)59(39-24-26-43-41-14-5-9-19-48(41)57(3,4)52(43)33-39)40-25-27-44-42-15-6-11-21-50(42)58(53(44)34-40)37-29-35-28-36(31-37)32-38(58)30-35/h5-27,33-38H,28-32H2,1-4H3. The zero-order valence-corrected chi connectivity index (χ0v) is 34.7. The van der Waals surface area contributed by atoms with E-state index in [0.29, 0.717) is 11.8 Å². The molecule has 1 heteroatoms. The van der Waals surface area contributed by atoms with Gasteiger partial charge >= 0.3 is 0 Å². The van der Waals surface area contributed by atoms with Crippen molar-refractivity contribution in [3.8, 4) is 44.5 Å². The number of nitrogens with zero attached hydrogens (tertiary/aromatic N) is 1. The largest absolute Gasteiger partial charge is 0.310 e. The van der Waals surface area contributed by atoms with Crippen molar-refractivity contribution in [3.05, 3.63) is 185 Å².